The number of aryl methyl sites for hydroxylation is 2. The SMILES string of the molecule is COc1cc(C)c(C)cc1S(=O)(=O)N1CCN(c2ccccc2Cl)CC1. The van der Waals surface area contributed by atoms with Crippen LogP contribution in [-0.4, -0.2) is 46.0 Å². The van der Waals surface area contributed by atoms with Crippen molar-refractivity contribution in [1.82, 2.24) is 4.31 Å². The summed E-state index contributed by atoms with van der Waals surface area (Å²) < 4.78 is 33.1. The Morgan fingerprint density at radius 3 is 2.23 bits per heavy atom. The monoisotopic (exact) mass is 394 g/mol. The van der Waals surface area contributed by atoms with Gasteiger partial charge in [-0.1, -0.05) is 23.7 Å². The highest BCUT2D eigenvalue weighted by molar-refractivity contribution is 7.89. The number of nitrogens with zero attached hydrogens (tertiary/aromatic N) is 2. The Hall–Kier alpha value is -1.76. The van der Waals surface area contributed by atoms with Gasteiger partial charge in [-0.25, -0.2) is 8.42 Å². The normalized spacial score (nSPS) is 15.9. The van der Waals surface area contributed by atoms with Crippen LogP contribution in [0.25, 0.3) is 0 Å². The average Bonchev–Trinajstić information content (AvgIpc) is 2.64. The molecule has 1 fully saturated rings. The number of ether oxygens (including phenoxy) is 1. The predicted molar refractivity (Wildman–Crippen MR) is 105 cm³/mol. The van der Waals surface area contributed by atoms with Gasteiger partial charge in [-0.2, -0.15) is 4.31 Å². The number of methoxy groups -OCH3 is 1. The molecule has 1 heterocycles. The maximum atomic E-state index is 13.1. The van der Waals surface area contributed by atoms with Crippen LogP contribution in [0.4, 0.5) is 5.69 Å². The number of anilines is 1. The number of piperazine rings is 1. The first-order chi connectivity index (χ1) is 12.3. The highest BCUT2D eigenvalue weighted by atomic mass is 35.5. The summed E-state index contributed by atoms with van der Waals surface area (Å²) >= 11 is 6.26. The van der Waals surface area contributed by atoms with Gasteiger partial charge in [0.15, 0.2) is 0 Å². The van der Waals surface area contributed by atoms with Crippen LogP contribution in [0.3, 0.4) is 0 Å². The molecule has 1 aliphatic rings. The van der Waals surface area contributed by atoms with E-state index in [1.807, 2.05) is 38.1 Å². The third-order valence-electron chi connectivity index (χ3n) is 4.83. The van der Waals surface area contributed by atoms with Crippen molar-refractivity contribution in [2.75, 3.05) is 38.2 Å². The minimum absolute atomic E-state index is 0.231. The van der Waals surface area contributed by atoms with Gasteiger partial charge < -0.3 is 9.64 Å². The molecule has 0 N–H and O–H groups in total. The minimum atomic E-state index is -3.61. The van der Waals surface area contributed by atoms with E-state index in [9.17, 15) is 8.42 Å². The van der Waals surface area contributed by atoms with E-state index in [1.54, 1.807) is 12.1 Å². The molecule has 7 heteroatoms. The van der Waals surface area contributed by atoms with E-state index in [0.717, 1.165) is 16.8 Å². The van der Waals surface area contributed by atoms with Gasteiger partial charge in [0, 0.05) is 26.2 Å². The number of sulfonamides is 1. The number of benzene rings is 2. The molecule has 0 aromatic heterocycles. The van der Waals surface area contributed by atoms with Crippen molar-refractivity contribution in [3.63, 3.8) is 0 Å². The number of rotatable bonds is 4. The zero-order valence-corrected chi connectivity index (χ0v) is 16.8. The Balaban J connectivity index is 1.83. The summed E-state index contributed by atoms with van der Waals surface area (Å²) in [6.45, 7) is 5.85. The third-order valence-corrected chi connectivity index (χ3v) is 7.07. The van der Waals surface area contributed by atoms with Crippen molar-refractivity contribution in [2.45, 2.75) is 18.7 Å². The second-order valence-corrected chi connectivity index (χ2v) is 8.74. The zero-order chi connectivity index (χ0) is 18.9. The zero-order valence-electron chi connectivity index (χ0n) is 15.2. The quantitative estimate of drug-likeness (QED) is 0.796. The van der Waals surface area contributed by atoms with E-state index < -0.39 is 10.0 Å². The predicted octanol–water partition coefficient (Wildman–Crippen LogP) is 3.48. The fourth-order valence-corrected chi connectivity index (χ4v) is 5.04. The lowest BCUT2D eigenvalue weighted by Gasteiger charge is -2.36. The molecule has 2 aromatic rings. The van der Waals surface area contributed by atoms with Crippen molar-refractivity contribution >= 4 is 27.3 Å². The van der Waals surface area contributed by atoms with Gasteiger partial charge in [0.2, 0.25) is 10.0 Å². The molecule has 0 bridgehead atoms. The maximum Gasteiger partial charge on any atom is 0.246 e. The van der Waals surface area contributed by atoms with Gasteiger partial charge in [0.1, 0.15) is 10.6 Å². The standard InChI is InChI=1S/C19H23ClN2O3S/c1-14-12-18(25-3)19(13-15(14)2)26(23,24)22-10-8-21(9-11-22)17-7-5-4-6-16(17)20/h4-7,12-13H,8-11H2,1-3H3. The van der Waals surface area contributed by atoms with Gasteiger partial charge in [0.05, 0.1) is 17.8 Å². The average molecular weight is 395 g/mol. The van der Waals surface area contributed by atoms with Crippen molar-refractivity contribution in [3.8, 4) is 5.75 Å². The van der Waals surface area contributed by atoms with Crippen LogP contribution in [0.2, 0.25) is 5.02 Å². The van der Waals surface area contributed by atoms with Crippen molar-refractivity contribution in [1.29, 1.82) is 0 Å². The Morgan fingerprint density at radius 1 is 1.00 bits per heavy atom. The lowest BCUT2D eigenvalue weighted by molar-refractivity contribution is 0.374. The van der Waals surface area contributed by atoms with Crippen LogP contribution in [0.5, 0.6) is 5.75 Å². The summed E-state index contributed by atoms with van der Waals surface area (Å²) in [6.07, 6.45) is 0. The van der Waals surface area contributed by atoms with Crippen molar-refractivity contribution in [2.24, 2.45) is 0 Å². The van der Waals surface area contributed by atoms with E-state index in [4.69, 9.17) is 16.3 Å². The van der Waals surface area contributed by atoms with Crippen molar-refractivity contribution < 1.29 is 13.2 Å². The number of hydrogen-bond acceptors (Lipinski definition) is 4. The molecule has 140 valence electrons. The van der Waals surface area contributed by atoms with E-state index in [2.05, 4.69) is 4.90 Å². The van der Waals surface area contributed by atoms with Gasteiger partial charge in [0.25, 0.3) is 0 Å². The molecule has 0 saturated carbocycles. The molecule has 2 aromatic carbocycles. The molecular weight excluding hydrogens is 372 g/mol. The Labute approximate surface area is 160 Å². The van der Waals surface area contributed by atoms with Crippen LogP contribution in [0.15, 0.2) is 41.3 Å². The summed E-state index contributed by atoms with van der Waals surface area (Å²) in [7, 11) is -2.11. The van der Waals surface area contributed by atoms with Gasteiger partial charge >= 0.3 is 0 Å². The van der Waals surface area contributed by atoms with E-state index in [1.165, 1.54) is 11.4 Å². The first-order valence-electron chi connectivity index (χ1n) is 8.49. The minimum Gasteiger partial charge on any atom is -0.495 e. The Morgan fingerprint density at radius 2 is 1.62 bits per heavy atom. The van der Waals surface area contributed by atoms with E-state index in [0.29, 0.717) is 37.0 Å². The largest absolute Gasteiger partial charge is 0.495 e. The molecular formula is C19H23ClN2O3S. The molecule has 0 unspecified atom stereocenters. The van der Waals surface area contributed by atoms with Crippen LogP contribution >= 0.6 is 11.6 Å². The molecule has 0 aliphatic carbocycles. The highest BCUT2D eigenvalue weighted by Crippen LogP contribution is 2.31. The second kappa shape index (κ2) is 7.47. The first-order valence-corrected chi connectivity index (χ1v) is 10.3. The lowest BCUT2D eigenvalue weighted by Crippen LogP contribution is -2.48. The highest BCUT2D eigenvalue weighted by Gasteiger charge is 2.31. The summed E-state index contributed by atoms with van der Waals surface area (Å²) in [5.74, 6) is 0.390. The van der Waals surface area contributed by atoms with Gasteiger partial charge in [-0.15, -0.1) is 0 Å². The maximum absolute atomic E-state index is 13.1. The molecule has 1 saturated heterocycles. The molecule has 5 nitrogen and oxygen atoms in total. The Bertz CT molecular complexity index is 907. The second-order valence-electron chi connectivity index (χ2n) is 6.43. The van der Waals surface area contributed by atoms with Crippen LogP contribution in [0.1, 0.15) is 11.1 Å². The third kappa shape index (κ3) is 3.54. The van der Waals surface area contributed by atoms with E-state index >= 15 is 0 Å². The first kappa shape index (κ1) is 19.0. The van der Waals surface area contributed by atoms with Crippen molar-refractivity contribution in [3.05, 3.63) is 52.5 Å². The summed E-state index contributed by atoms with van der Waals surface area (Å²) in [5, 5.41) is 0.680. The van der Waals surface area contributed by atoms with Crippen LogP contribution < -0.4 is 9.64 Å². The number of para-hydroxylation sites is 1. The molecule has 0 atom stereocenters. The molecule has 0 amide bonds. The molecule has 1 aliphatic heterocycles. The number of halogens is 1. The van der Waals surface area contributed by atoms with Gasteiger partial charge in [-0.3, -0.25) is 0 Å². The Kier molecular flexibility index (Phi) is 5.46. The fraction of sp³-hybridized carbons (Fsp3) is 0.368. The smallest absolute Gasteiger partial charge is 0.246 e. The summed E-state index contributed by atoms with van der Waals surface area (Å²) in [4.78, 5) is 2.35. The number of hydrogen-bond donors (Lipinski definition) is 0. The lowest BCUT2D eigenvalue weighted by atomic mass is 10.1. The van der Waals surface area contributed by atoms with Gasteiger partial charge in [-0.05, 0) is 49.2 Å². The van der Waals surface area contributed by atoms with Crippen LogP contribution in [-0.2, 0) is 10.0 Å². The topological polar surface area (TPSA) is 49.9 Å². The molecule has 0 spiro atoms. The summed E-state index contributed by atoms with van der Waals surface area (Å²) in [6, 6.07) is 11.1. The molecule has 26 heavy (non-hydrogen) atoms. The molecule has 0 radical (unpaired) electrons. The fourth-order valence-electron chi connectivity index (χ4n) is 3.14. The van der Waals surface area contributed by atoms with E-state index in [-0.39, 0.29) is 4.90 Å². The summed E-state index contributed by atoms with van der Waals surface area (Å²) in [5.41, 5.74) is 2.87. The van der Waals surface area contributed by atoms with Crippen LogP contribution in [0, 0.1) is 13.8 Å². The molecule has 3 rings (SSSR count).